The van der Waals surface area contributed by atoms with E-state index in [2.05, 4.69) is 42.5 Å². The van der Waals surface area contributed by atoms with Gasteiger partial charge in [-0.1, -0.05) is 55.5 Å². The Morgan fingerprint density at radius 1 is 1.00 bits per heavy atom. The molecular weight excluding hydrogens is 258 g/mol. The monoisotopic (exact) mass is 277 g/mol. The lowest BCUT2D eigenvalue weighted by atomic mass is 10.0. The van der Waals surface area contributed by atoms with Crippen LogP contribution in [0.3, 0.4) is 0 Å². The Kier molecular flexibility index (Phi) is 3.84. The highest BCUT2D eigenvalue weighted by atomic mass is 15.3. The van der Waals surface area contributed by atoms with E-state index >= 15 is 0 Å². The summed E-state index contributed by atoms with van der Waals surface area (Å²) < 4.78 is 1.91. The number of benzene rings is 2. The van der Waals surface area contributed by atoms with Crippen molar-refractivity contribution in [3.05, 3.63) is 72.6 Å². The number of hydrogen-bond acceptors (Lipinski definition) is 2. The van der Waals surface area contributed by atoms with E-state index < -0.39 is 0 Å². The van der Waals surface area contributed by atoms with E-state index in [0.717, 1.165) is 23.2 Å². The zero-order valence-electron chi connectivity index (χ0n) is 12.1. The van der Waals surface area contributed by atoms with Gasteiger partial charge in [0.15, 0.2) is 0 Å². The second kappa shape index (κ2) is 5.94. The van der Waals surface area contributed by atoms with Crippen molar-refractivity contribution in [2.24, 2.45) is 5.73 Å². The fraction of sp³-hybridized carbons (Fsp3) is 0.167. The summed E-state index contributed by atoms with van der Waals surface area (Å²) in [7, 11) is 0. The Morgan fingerprint density at radius 2 is 1.71 bits per heavy atom. The van der Waals surface area contributed by atoms with Gasteiger partial charge in [-0.3, -0.25) is 0 Å². The van der Waals surface area contributed by atoms with Gasteiger partial charge in [-0.15, -0.1) is 0 Å². The number of para-hydroxylation sites is 1. The Labute approximate surface area is 125 Å². The highest BCUT2D eigenvalue weighted by Gasteiger charge is 2.11. The maximum absolute atomic E-state index is 6.21. The second-order valence-corrected chi connectivity index (χ2v) is 5.11. The third kappa shape index (κ3) is 2.73. The molecule has 3 nitrogen and oxygen atoms in total. The molecule has 0 bridgehead atoms. The summed E-state index contributed by atoms with van der Waals surface area (Å²) >= 11 is 0. The van der Waals surface area contributed by atoms with Crippen molar-refractivity contribution in [2.45, 2.75) is 19.4 Å². The van der Waals surface area contributed by atoms with Crippen molar-refractivity contribution >= 4 is 0 Å². The normalized spacial score (nSPS) is 12.3. The molecule has 21 heavy (non-hydrogen) atoms. The van der Waals surface area contributed by atoms with Gasteiger partial charge in [0, 0.05) is 17.8 Å². The van der Waals surface area contributed by atoms with Crippen molar-refractivity contribution in [3.8, 4) is 16.8 Å². The summed E-state index contributed by atoms with van der Waals surface area (Å²) in [6, 6.07) is 18.5. The lowest BCUT2D eigenvalue weighted by Gasteiger charge is -2.14. The van der Waals surface area contributed by atoms with E-state index in [9.17, 15) is 0 Å². The summed E-state index contributed by atoms with van der Waals surface area (Å²) in [6.07, 6.45) is 4.85. The van der Waals surface area contributed by atoms with Crippen molar-refractivity contribution < 1.29 is 0 Å². The Bertz CT molecular complexity index is 716. The van der Waals surface area contributed by atoms with Gasteiger partial charge in [0.1, 0.15) is 0 Å². The van der Waals surface area contributed by atoms with Crippen LogP contribution in [0.4, 0.5) is 0 Å². The molecule has 0 fully saturated rings. The van der Waals surface area contributed by atoms with E-state index in [1.54, 1.807) is 0 Å². The van der Waals surface area contributed by atoms with Crippen molar-refractivity contribution in [2.75, 3.05) is 0 Å². The molecule has 0 unspecified atom stereocenters. The maximum atomic E-state index is 6.21. The highest BCUT2D eigenvalue weighted by molar-refractivity contribution is 5.62. The molecule has 2 aromatic carbocycles. The van der Waals surface area contributed by atoms with Crippen LogP contribution in [-0.4, -0.2) is 9.78 Å². The first-order valence-electron chi connectivity index (χ1n) is 7.24. The third-order valence-electron chi connectivity index (χ3n) is 3.71. The summed E-state index contributed by atoms with van der Waals surface area (Å²) in [5, 5.41) is 4.50. The van der Waals surface area contributed by atoms with Crippen LogP contribution in [0.15, 0.2) is 67.0 Å². The summed E-state index contributed by atoms with van der Waals surface area (Å²) in [5.41, 5.74) is 10.7. The summed E-state index contributed by atoms with van der Waals surface area (Å²) in [4.78, 5) is 0. The van der Waals surface area contributed by atoms with Gasteiger partial charge in [-0.05, 0) is 23.6 Å². The van der Waals surface area contributed by atoms with Gasteiger partial charge in [0.05, 0.1) is 11.9 Å². The summed E-state index contributed by atoms with van der Waals surface area (Å²) in [6.45, 7) is 2.10. The largest absolute Gasteiger partial charge is 0.324 e. The van der Waals surface area contributed by atoms with E-state index in [1.165, 1.54) is 5.56 Å². The van der Waals surface area contributed by atoms with Gasteiger partial charge >= 0.3 is 0 Å². The predicted octanol–water partition coefficient (Wildman–Crippen LogP) is 3.95. The smallest absolute Gasteiger partial charge is 0.0693 e. The topological polar surface area (TPSA) is 43.8 Å². The molecule has 3 aromatic rings. The van der Waals surface area contributed by atoms with E-state index in [4.69, 9.17) is 5.73 Å². The molecule has 1 heterocycles. The van der Waals surface area contributed by atoms with Crippen LogP contribution in [0.5, 0.6) is 0 Å². The third-order valence-corrected chi connectivity index (χ3v) is 3.71. The molecule has 0 amide bonds. The zero-order chi connectivity index (χ0) is 14.7. The first kappa shape index (κ1) is 13.6. The van der Waals surface area contributed by atoms with Crippen LogP contribution in [-0.2, 0) is 0 Å². The average molecular weight is 277 g/mol. The Hall–Kier alpha value is -2.39. The van der Waals surface area contributed by atoms with Crippen LogP contribution in [0.25, 0.3) is 16.8 Å². The lowest BCUT2D eigenvalue weighted by molar-refractivity contribution is 0.686. The molecule has 1 aromatic heterocycles. The number of aromatic nitrogens is 2. The molecule has 0 saturated carbocycles. The quantitative estimate of drug-likeness (QED) is 0.784. The Morgan fingerprint density at radius 3 is 2.48 bits per heavy atom. The lowest BCUT2D eigenvalue weighted by Crippen LogP contribution is -2.12. The van der Waals surface area contributed by atoms with E-state index in [1.807, 2.05) is 41.2 Å². The molecule has 3 heteroatoms. The van der Waals surface area contributed by atoms with Gasteiger partial charge in [0.25, 0.3) is 0 Å². The first-order valence-corrected chi connectivity index (χ1v) is 7.24. The molecule has 0 spiro atoms. The van der Waals surface area contributed by atoms with E-state index in [-0.39, 0.29) is 6.04 Å². The highest BCUT2D eigenvalue weighted by Crippen LogP contribution is 2.24. The van der Waals surface area contributed by atoms with Gasteiger partial charge in [0.2, 0.25) is 0 Å². The number of hydrogen-bond donors (Lipinski definition) is 1. The van der Waals surface area contributed by atoms with Crippen molar-refractivity contribution in [1.29, 1.82) is 0 Å². The molecule has 106 valence electrons. The van der Waals surface area contributed by atoms with Gasteiger partial charge in [-0.25, -0.2) is 4.68 Å². The maximum Gasteiger partial charge on any atom is 0.0693 e. The molecule has 0 aliphatic carbocycles. The second-order valence-electron chi connectivity index (χ2n) is 5.11. The molecule has 0 aliphatic heterocycles. The molecule has 2 N–H and O–H groups in total. The molecule has 3 rings (SSSR count). The van der Waals surface area contributed by atoms with Gasteiger partial charge < -0.3 is 5.73 Å². The van der Waals surface area contributed by atoms with Crippen LogP contribution in [0.1, 0.15) is 24.9 Å². The number of nitrogens with zero attached hydrogens (tertiary/aromatic N) is 2. The number of nitrogens with two attached hydrogens (primary N) is 1. The fourth-order valence-corrected chi connectivity index (χ4v) is 2.46. The molecular formula is C18H19N3. The van der Waals surface area contributed by atoms with Crippen LogP contribution < -0.4 is 5.73 Å². The van der Waals surface area contributed by atoms with E-state index in [0.29, 0.717) is 0 Å². The first-order chi connectivity index (χ1) is 10.3. The van der Waals surface area contributed by atoms with Gasteiger partial charge in [-0.2, -0.15) is 5.10 Å². The standard InChI is InChI=1S/C18H19N3/c1-2-17(19)16-10-6-7-11-18(16)21-13-15(12-20-21)14-8-4-3-5-9-14/h3-13,17H,2,19H2,1H3/t17-/m0/s1. The molecule has 0 radical (unpaired) electrons. The SMILES string of the molecule is CC[C@H](N)c1ccccc1-n1cc(-c2ccccc2)cn1. The minimum atomic E-state index is 0.0329. The van der Waals surface area contributed by atoms with Crippen molar-refractivity contribution in [1.82, 2.24) is 9.78 Å². The summed E-state index contributed by atoms with van der Waals surface area (Å²) in [5.74, 6) is 0. The van der Waals surface area contributed by atoms with Crippen LogP contribution in [0.2, 0.25) is 0 Å². The molecule has 0 aliphatic rings. The minimum Gasteiger partial charge on any atom is -0.324 e. The zero-order valence-corrected chi connectivity index (χ0v) is 12.1. The average Bonchev–Trinajstić information content (AvgIpc) is 3.05. The van der Waals surface area contributed by atoms with Crippen molar-refractivity contribution in [3.63, 3.8) is 0 Å². The predicted molar refractivity (Wildman–Crippen MR) is 86.2 cm³/mol. The minimum absolute atomic E-state index is 0.0329. The Balaban J connectivity index is 2.01. The van der Waals surface area contributed by atoms with Crippen LogP contribution in [0, 0.1) is 0 Å². The van der Waals surface area contributed by atoms with Crippen LogP contribution >= 0.6 is 0 Å². The number of rotatable bonds is 4. The fourth-order valence-electron chi connectivity index (χ4n) is 2.46. The molecule has 0 saturated heterocycles. The molecule has 1 atom stereocenters.